The number of ether oxygens (including phenoxy) is 3. The molecule has 141 heavy (non-hydrogen) atoms. The number of imide groups is 1. The molecule has 9 heterocycles. The Labute approximate surface area is 786 Å². The number of amidine groups is 1. The molecule has 10 rings (SSSR count). The van der Waals surface area contributed by atoms with Crippen LogP contribution in [0.4, 0.5) is 102 Å². The molecule has 1 aromatic carbocycles. The lowest BCUT2D eigenvalue weighted by Crippen LogP contribution is -2.32. The molecule has 56 heteroatoms. The minimum absolute atomic E-state index is 0.00155. The maximum absolute atomic E-state index is 12.9. The first-order chi connectivity index (χ1) is 65.6. The van der Waals surface area contributed by atoms with Crippen LogP contribution in [0, 0.1) is 23.2 Å². The molecule has 1 unspecified atom stereocenters. The van der Waals surface area contributed by atoms with Crippen molar-refractivity contribution in [2.45, 2.75) is 104 Å². The smallest absolute Gasteiger partial charge is 0.462 e. The van der Waals surface area contributed by atoms with Crippen LogP contribution in [0.3, 0.4) is 0 Å². The molecule has 7 amide bonds. The molecule has 0 saturated carbocycles. The van der Waals surface area contributed by atoms with Crippen LogP contribution in [-0.4, -0.2) is 172 Å². The fourth-order valence-corrected chi connectivity index (χ4v) is 10.5. The van der Waals surface area contributed by atoms with E-state index >= 15 is 0 Å². The third kappa shape index (κ3) is 39.0. The van der Waals surface area contributed by atoms with E-state index in [9.17, 15) is 145 Å². The number of hydrogen-bond acceptors (Lipinski definition) is 28. The molecule has 4 N–H and O–H groups in total. The van der Waals surface area contributed by atoms with Crippen molar-refractivity contribution in [1.29, 1.82) is 5.26 Å². The standard InChI is InChI=1S/C16H13F3N2O4.C13H15F3N2O3.C12H8F3N5O.C12H7F3N2O2S.C11H11F3N2O4.C11H12F3NO2.C10H8F3N3O/c1-21(25-15(23)24-10-11-5-3-2-4-6-11)14(22)12-9-20-8-7-13(12)16(17,18)19;1-8(2)6-11(19)21-18(3)12(20)9-7-17-5-4-10(9)13(14,15)16;13-12(14,15)8-2-5-17-6-7(8)11(21)20-9(16)10-18-3-1-4-19-10;13-12(14,15)8-3-4-16-6-7(8)10(18)17-11(19)9-2-1-5-20-9;1-3-19-10(18)20-16(2)9(17)7-6-15-5-4-8(7)11(12,13)14;1-7(2)6-17-10(16)8-5-15-4-3-9(8)11(12,13)14;1-6(4-14)16-9(17)7-5-15-3-2-8(7)10(11,12)13/h2-9H,10H2,1H3;4-5,7-8H,6H2,1-3H3;1-6H,(H2,16,20,21);1-6H,(H,17,18,19);4-6H,3H2,1-2H3;3-5,7H,6H2,1-2H3;2-3,5-6H,1H3,(H,16,17). The summed E-state index contributed by atoms with van der Waals surface area (Å²) in [5.74, 6) is -9.53. The minimum atomic E-state index is -4.75. The van der Waals surface area contributed by atoms with E-state index in [4.69, 9.17) is 25.3 Å². The van der Waals surface area contributed by atoms with Crippen LogP contribution in [0.5, 0.6) is 0 Å². The number of pyridine rings is 7. The summed E-state index contributed by atoms with van der Waals surface area (Å²) < 4.78 is 281. The van der Waals surface area contributed by atoms with Crippen molar-refractivity contribution in [1.82, 2.24) is 70.7 Å². The number of hydrogen-bond donors (Lipinski definition) is 3. The van der Waals surface area contributed by atoms with Crippen molar-refractivity contribution < 1.29 is 174 Å². The van der Waals surface area contributed by atoms with Crippen LogP contribution in [0.1, 0.15) is 180 Å². The largest absolute Gasteiger partial charge is 0.533 e. The zero-order chi connectivity index (χ0) is 106. The van der Waals surface area contributed by atoms with Crippen LogP contribution in [0.25, 0.3) is 0 Å². The summed E-state index contributed by atoms with van der Waals surface area (Å²) in [6, 6.07) is 18.9. The maximum atomic E-state index is 12.9. The molecule has 0 saturated heterocycles. The highest BCUT2D eigenvalue weighted by atomic mass is 32.1. The third-order valence-corrected chi connectivity index (χ3v) is 17.0. The van der Waals surface area contributed by atoms with E-state index in [1.807, 2.05) is 5.32 Å². The molecule has 0 aliphatic carbocycles. The Bertz CT molecular complexity index is 5980. The Kier molecular flexibility index (Phi) is 44.3. The van der Waals surface area contributed by atoms with Crippen LogP contribution in [0.2, 0.25) is 0 Å². The summed E-state index contributed by atoms with van der Waals surface area (Å²) in [5, 5.41) is 15.3. The quantitative estimate of drug-likeness (QED) is 0.0145. The SMILES string of the molecule is CC(C#N)NC(=O)c1cnccc1C(F)(F)F.CC(C)CC(=O)ON(C)C(=O)c1cnccc1C(F)(F)F.CC(C)COC(=O)c1cnccc1C(F)(F)F.CCOC(=O)ON(C)C(=O)c1cnccc1C(F)(F)F.CN(OC(=O)OCc1ccccc1)C(=O)c1cnccc1C(F)(F)F.NC(=NC(=O)c1cnccc1C(F)(F)F)c1ncccn1.O=C(NC(=O)c1cnccc1C(F)(F)F)c1cccs1. The van der Waals surface area contributed by atoms with Crippen LogP contribution in [0.15, 0.2) is 201 Å². The van der Waals surface area contributed by atoms with Gasteiger partial charge in [-0.2, -0.15) is 118 Å². The van der Waals surface area contributed by atoms with Gasteiger partial charge in [0.05, 0.1) is 108 Å². The van der Waals surface area contributed by atoms with Gasteiger partial charge < -0.3 is 39.8 Å². The first kappa shape index (κ1) is 117. The number of aliphatic imine (C=N–C) groups is 1. The van der Waals surface area contributed by atoms with Gasteiger partial charge in [0, 0.05) is 120 Å². The highest BCUT2D eigenvalue weighted by molar-refractivity contribution is 7.12. The highest BCUT2D eigenvalue weighted by Crippen LogP contribution is 2.38. The van der Waals surface area contributed by atoms with E-state index in [1.54, 1.807) is 75.5 Å². The van der Waals surface area contributed by atoms with Gasteiger partial charge in [-0.3, -0.25) is 73.8 Å². The van der Waals surface area contributed by atoms with E-state index in [0.29, 0.717) is 57.2 Å². The lowest BCUT2D eigenvalue weighted by molar-refractivity contribution is -0.174. The first-order valence-electron chi connectivity index (χ1n) is 38.9. The van der Waals surface area contributed by atoms with Gasteiger partial charge in [0.15, 0.2) is 11.7 Å². The average Bonchev–Trinajstić information content (AvgIpc) is 1.47. The van der Waals surface area contributed by atoms with Gasteiger partial charge >= 0.3 is 67.5 Å². The first-order valence-corrected chi connectivity index (χ1v) is 39.8. The number of nitrogens with one attached hydrogen (secondary N) is 2. The highest BCUT2D eigenvalue weighted by Gasteiger charge is 2.43. The summed E-state index contributed by atoms with van der Waals surface area (Å²) in [7, 11) is 3.07. The molecule has 0 bridgehead atoms. The lowest BCUT2D eigenvalue weighted by atomic mass is 10.1. The van der Waals surface area contributed by atoms with Gasteiger partial charge in [-0.25, -0.2) is 29.1 Å². The Balaban J connectivity index is 0.000000344. The lowest BCUT2D eigenvalue weighted by Gasteiger charge is -2.19. The molecule has 754 valence electrons. The number of carbonyl (C=O) groups is 11. The number of benzene rings is 1. The molecule has 0 aliphatic heterocycles. The summed E-state index contributed by atoms with van der Waals surface area (Å²) in [6.45, 7) is 9.96. The summed E-state index contributed by atoms with van der Waals surface area (Å²) in [5.41, 5.74) is -6.35. The molecule has 34 nitrogen and oxygen atoms in total. The van der Waals surface area contributed by atoms with Crippen molar-refractivity contribution in [2.75, 3.05) is 34.4 Å². The fraction of sp³-hybridized carbons (Fsp3) is 0.271. The molecule has 0 radical (unpaired) electrons. The van der Waals surface area contributed by atoms with Crippen molar-refractivity contribution in [3.05, 3.63) is 290 Å². The zero-order valence-electron chi connectivity index (χ0n) is 73.7. The Morgan fingerprint density at radius 1 is 0.418 bits per heavy atom. The number of nitriles is 1. The molecular formula is C85H74F21N17O17S. The van der Waals surface area contributed by atoms with E-state index in [1.165, 1.54) is 38.4 Å². The van der Waals surface area contributed by atoms with Crippen molar-refractivity contribution >= 4 is 82.8 Å². The van der Waals surface area contributed by atoms with Gasteiger partial charge in [0.2, 0.25) is 0 Å². The fourth-order valence-electron chi connectivity index (χ4n) is 9.88. The van der Waals surface area contributed by atoms with Crippen LogP contribution >= 0.6 is 11.3 Å². The number of rotatable bonds is 17. The Morgan fingerprint density at radius 3 is 1.13 bits per heavy atom. The van der Waals surface area contributed by atoms with Crippen LogP contribution in [-0.2, 0) is 83.4 Å². The number of thiophene rings is 1. The van der Waals surface area contributed by atoms with Gasteiger partial charge in [0.25, 0.3) is 41.4 Å². The summed E-state index contributed by atoms with van der Waals surface area (Å²) in [6.07, 6.45) is -20.3. The number of amides is 7. The number of nitrogens with two attached hydrogens (primary N) is 1. The number of hydroxylamine groups is 6. The second kappa shape index (κ2) is 53.4. The number of halogens is 21. The van der Waals surface area contributed by atoms with Gasteiger partial charge in [-0.05, 0) is 91.2 Å². The van der Waals surface area contributed by atoms with Crippen molar-refractivity contribution in [2.24, 2.45) is 22.6 Å². The van der Waals surface area contributed by atoms with E-state index < -0.39 is 193 Å². The second-order valence-corrected chi connectivity index (χ2v) is 28.7. The zero-order valence-corrected chi connectivity index (χ0v) is 74.5. The van der Waals surface area contributed by atoms with Gasteiger partial charge in [-0.15, -0.1) is 11.3 Å². The number of aromatic nitrogens is 9. The predicted octanol–water partition coefficient (Wildman–Crippen LogP) is 17.2. The molecule has 0 spiro atoms. The number of esters is 1. The number of nitrogens with zero attached hydrogens (tertiary/aromatic N) is 14. The number of carbonyl (C=O) groups excluding carboxylic acids is 11. The topological polar surface area (TPSA) is 455 Å². The molecule has 1 atom stereocenters. The molecular weight excluding hydrogens is 1960 g/mol. The summed E-state index contributed by atoms with van der Waals surface area (Å²) >= 11 is 1.08. The molecule has 0 fully saturated rings. The normalized spacial score (nSPS) is 11.5. The maximum Gasteiger partial charge on any atom is 0.533 e. The number of alkyl halides is 21. The third-order valence-electron chi connectivity index (χ3n) is 16.2. The van der Waals surface area contributed by atoms with Gasteiger partial charge in [0.1, 0.15) is 12.6 Å². The molecule has 9 aromatic heterocycles. The monoisotopic (exact) mass is 2040 g/mol. The second-order valence-electron chi connectivity index (χ2n) is 27.7. The Morgan fingerprint density at radius 2 is 0.766 bits per heavy atom. The summed E-state index contributed by atoms with van der Waals surface area (Å²) in [4.78, 5) is 177. The minimum Gasteiger partial charge on any atom is -0.462 e. The molecule has 10 aromatic rings. The Hall–Kier alpha value is -16.3. The van der Waals surface area contributed by atoms with Crippen molar-refractivity contribution in [3.8, 4) is 6.07 Å². The van der Waals surface area contributed by atoms with Crippen molar-refractivity contribution in [3.63, 3.8) is 0 Å². The van der Waals surface area contributed by atoms with E-state index in [2.05, 4.69) is 69.6 Å². The molecule has 0 aliphatic rings. The van der Waals surface area contributed by atoms with Crippen LogP contribution < -0.4 is 16.4 Å². The van der Waals surface area contributed by atoms with Gasteiger partial charge in [-0.1, -0.05) is 64.1 Å². The van der Waals surface area contributed by atoms with E-state index in [-0.39, 0.29) is 54.6 Å². The predicted molar refractivity (Wildman–Crippen MR) is 443 cm³/mol. The van der Waals surface area contributed by atoms with E-state index in [0.717, 1.165) is 125 Å². The average molecular weight is 2040 g/mol.